The van der Waals surface area contributed by atoms with E-state index in [1.54, 1.807) is 43.4 Å². The van der Waals surface area contributed by atoms with Crippen LogP contribution in [0.3, 0.4) is 0 Å². The second-order valence-corrected chi connectivity index (χ2v) is 7.36. The van der Waals surface area contributed by atoms with Crippen molar-refractivity contribution in [1.29, 1.82) is 0 Å². The molecule has 1 amide bonds. The molecule has 2 aromatic carbocycles. The summed E-state index contributed by atoms with van der Waals surface area (Å²) < 4.78 is 16.1. The monoisotopic (exact) mass is 412 g/mol. The number of carbonyl (C=O) groups excluding carboxylic acids is 1. The van der Waals surface area contributed by atoms with Gasteiger partial charge in [0.1, 0.15) is 23.8 Å². The molecule has 1 heterocycles. The summed E-state index contributed by atoms with van der Waals surface area (Å²) in [5.74, 6) is 1.90. The van der Waals surface area contributed by atoms with E-state index in [1.807, 2.05) is 19.1 Å². The molecule has 3 rings (SSSR count). The molecular formula is C23H30N3O4+. The Morgan fingerprint density at radius 1 is 1.03 bits per heavy atom. The predicted octanol–water partition coefficient (Wildman–Crippen LogP) is 1.80. The number of carbonyl (C=O) groups is 1. The number of benzene rings is 2. The molecule has 0 aliphatic carbocycles. The summed E-state index contributed by atoms with van der Waals surface area (Å²) in [6.45, 7) is 5.09. The zero-order chi connectivity index (χ0) is 21.3. The van der Waals surface area contributed by atoms with Crippen LogP contribution in [0.15, 0.2) is 47.6 Å². The van der Waals surface area contributed by atoms with Gasteiger partial charge in [0.05, 0.1) is 33.0 Å². The summed E-state index contributed by atoms with van der Waals surface area (Å²) >= 11 is 0. The van der Waals surface area contributed by atoms with Crippen LogP contribution < -0.4 is 24.5 Å². The smallest absolute Gasteiger partial charge is 0.277 e. The quantitative estimate of drug-likeness (QED) is 0.487. The van der Waals surface area contributed by atoms with Gasteiger partial charge in [-0.05, 0) is 55.0 Å². The number of amides is 1. The maximum absolute atomic E-state index is 12.1. The summed E-state index contributed by atoms with van der Waals surface area (Å²) in [5.41, 5.74) is 5.41. The van der Waals surface area contributed by atoms with Gasteiger partial charge >= 0.3 is 0 Å². The van der Waals surface area contributed by atoms with Gasteiger partial charge in [-0.2, -0.15) is 5.10 Å². The van der Waals surface area contributed by atoms with E-state index in [0.29, 0.717) is 5.75 Å². The fourth-order valence-corrected chi connectivity index (χ4v) is 3.53. The number of quaternary nitrogens is 1. The summed E-state index contributed by atoms with van der Waals surface area (Å²) in [5, 5.41) is 4.23. The Morgan fingerprint density at radius 2 is 1.73 bits per heavy atom. The van der Waals surface area contributed by atoms with Crippen molar-refractivity contribution in [3.63, 3.8) is 0 Å². The first kappa shape index (κ1) is 21.6. The van der Waals surface area contributed by atoms with Gasteiger partial charge in [0.2, 0.25) is 0 Å². The summed E-state index contributed by atoms with van der Waals surface area (Å²) in [6, 6.07) is 13.1. The fraction of sp³-hybridized carbons (Fsp3) is 0.391. The van der Waals surface area contributed by atoms with Crippen LogP contribution >= 0.6 is 0 Å². The second-order valence-electron chi connectivity index (χ2n) is 7.36. The second kappa shape index (κ2) is 10.6. The van der Waals surface area contributed by atoms with Gasteiger partial charge in [-0.25, -0.2) is 5.43 Å². The maximum Gasteiger partial charge on any atom is 0.277 e. The molecule has 7 nitrogen and oxygen atoms in total. The van der Waals surface area contributed by atoms with E-state index in [4.69, 9.17) is 14.2 Å². The molecule has 1 fully saturated rings. The van der Waals surface area contributed by atoms with Crippen molar-refractivity contribution >= 4 is 11.6 Å². The van der Waals surface area contributed by atoms with Gasteiger partial charge < -0.3 is 19.1 Å². The molecule has 1 aliphatic heterocycles. The van der Waals surface area contributed by atoms with Gasteiger partial charge in [0, 0.05) is 18.4 Å². The first-order valence-electron chi connectivity index (χ1n) is 10.2. The normalized spacial score (nSPS) is 14.4. The van der Waals surface area contributed by atoms with E-state index >= 15 is 0 Å². The van der Waals surface area contributed by atoms with Gasteiger partial charge in [0.25, 0.3) is 5.91 Å². The Bertz CT molecular complexity index is 875. The first-order valence-corrected chi connectivity index (χ1v) is 10.2. The molecular weight excluding hydrogens is 382 g/mol. The van der Waals surface area contributed by atoms with Gasteiger partial charge in [-0.3, -0.25) is 4.79 Å². The van der Waals surface area contributed by atoms with Crippen LogP contribution in [-0.2, 0) is 11.3 Å². The van der Waals surface area contributed by atoms with Crippen LogP contribution in [0.5, 0.6) is 17.2 Å². The third-order valence-electron chi connectivity index (χ3n) is 5.23. The SMILES string of the molecule is COc1ccc(OCC(=O)N/N=C(/C)c2ccc(OC)c(C[NH+]3CCCC3)c2)cc1. The topological polar surface area (TPSA) is 73.6 Å². The Balaban J connectivity index is 1.57. The third-order valence-corrected chi connectivity index (χ3v) is 5.23. The number of nitrogens with one attached hydrogen (secondary N) is 2. The lowest BCUT2D eigenvalue weighted by Crippen LogP contribution is -3.08. The summed E-state index contributed by atoms with van der Waals surface area (Å²) in [7, 11) is 3.30. The van der Waals surface area contributed by atoms with Crippen molar-refractivity contribution in [3.05, 3.63) is 53.6 Å². The minimum absolute atomic E-state index is 0.116. The van der Waals surface area contributed by atoms with Gasteiger partial charge in [0.15, 0.2) is 6.61 Å². The molecule has 160 valence electrons. The minimum Gasteiger partial charge on any atom is -0.497 e. The standard InChI is InChI=1S/C23H29N3O4/c1-17(24-25-23(27)16-30-21-9-7-20(28-2)8-10-21)18-6-11-22(29-3)19(14-18)15-26-12-4-5-13-26/h6-11,14H,4-5,12-13,15-16H2,1-3H3,(H,25,27)/p+1/b24-17-. The maximum atomic E-state index is 12.1. The summed E-state index contributed by atoms with van der Waals surface area (Å²) in [6.07, 6.45) is 2.56. The van der Waals surface area contributed by atoms with Crippen molar-refractivity contribution < 1.29 is 23.9 Å². The molecule has 0 saturated carbocycles. The molecule has 30 heavy (non-hydrogen) atoms. The molecule has 7 heteroatoms. The van der Waals surface area contributed by atoms with E-state index in [-0.39, 0.29) is 12.5 Å². The largest absolute Gasteiger partial charge is 0.497 e. The highest BCUT2D eigenvalue weighted by Crippen LogP contribution is 2.20. The molecule has 1 saturated heterocycles. The molecule has 0 spiro atoms. The Morgan fingerprint density at radius 3 is 2.40 bits per heavy atom. The fourth-order valence-electron chi connectivity index (χ4n) is 3.53. The number of hydrogen-bond donors (Lipinski definition) is 2. The Labute approximate surface area is 177 Å². The molecule has 2 N–H and O–H groups in total. The van der Waals surface area contributed by atoms with Crippen LogP contribution in [0.25, 0.3) is 0 Å². The van der Waals surface area contributed by atoms with Crippen molar-refractivity contribution in [2.75, 3.05) is 33.9 Å². The zero-order valence-electron chi connectivity index (χ0n) is 17.9. The number of methoxy groups -OCH3 is 2. The lowest BCUT2D eigenvalue weighted by Gasteiger charge is -2.15. The average Bonchev–Trinajstić information content (AvgIpc) is 3.29. The zero-order valence-corrected chi connectivity index (χ0v) is 17.9. The molecule has 0 aromatic heterocycles. The van der Waals surface area contributed by atoms with Crippen LogP contribution in [0, 0.1) is 0 Å². The Hall–Kier alpha value is -3.06. The van der Waals surface area contributed by atoms with Gasteiger partial charge in [-0.15, -0.1) is 0 Å². The van der Waals surface area contributed by atoms with E-state index < -0.39 is 0 Å². The van der Waals surface area contributed by atoms with Crippen molar-refractivity contribution in [2.45, 2.75) is 26.3 Å². The molecule has 0 radical (unpaired) electrons. The van der Waals surface area contributed by atoms with Crippen LogP contribution in [0.1, 0.15) is 30.9 Å². The Kier molecular flexibility index (Phi) is 7.68. The molecule has 1 aliphatic rings. The highest BCUT2D eigenvalue weighted by Gasteiger charge is 2.18. The summed E-state index contributed by atoms with van der Waals surface area (Å²) in [4.78, 5) is 13.7. The van der Waals surface area contributed by atoms with Crippen molar-refractivity contribution in [2.24, 2.45) is 5.10 Å². The number of hydrazone groups is 1. The van der Waals surface area contributed by atoms with E-state index in [9.17, 15) is 4.79 Å². The number of ether oxygens (including phenoxy) is 3. The molecule has 2 aromatic rings. The van der Waals surface area contributed by atoms with Crippen LogP contribution in [-0.4, -0.2) is 45.5 Å². The number of nitrogens with zero attached hydrogens (tertiary/aromatic N) is 1. The average molecular weight is 413 g/mol. The van der Waals surface area contributed by atoms with E-state index in [0.717, 1.165) is 34.9 Å². The van der Waals surface area contributed by atoms with Gasteiger partial charge in [-0.1, -0.05) is 0 Å². The lowest BCUT2D eigenvalue weighted by atomic mass is 10.1. The van der Waals surface area contributed by atoms with E-state index in [1.165, 1.54) is 25.9 Å². The molecule has 0 unspecified atom stereocenters. The minimum atomic E-state index is -0.319. The highest BCUT2D eigenvalue weighted by atomic mass is 16.5. The number of likely N-dealkylation sites (tertiary alicyclic amines) is 1. The number of hydrogen-bond acceptors (Lipinski definition) is 5. The predicted molar refractivity (Wildman–Crippen MR) is 115 cm³/mol. The van der Waals surface area contributed by atoms with Crippen LogP contribution in [0.4, 0.5) is 0 Å². The molecule has 0 bridgehead atoms. The molecule has 0 atom stereocenters. The van der Waals surface area contributed by atoms with Crippen LogP contribution in [0.2, 0.25) is 0 Å². The van der Waals surface area contributed by atoms with Crippen molar-refractivity contribution in [1.82, 2.24) is 5.43 Å². The lowest BCUT2D eigenvalue weighted by molar-refractivity contribution is -0.901. The highest BCUT2D eigenvalue weighted by molar-refractivity contribution is 5.99. The van der Waals surface area contributed by atoms with E-state index in [2.05, 4.69) is 16.6 Å². The third kappa shape index (κ3) is 5.97. The number of rotatable bonds is 9. The van der Waals surface area contributed by atoms with Crippen molar-refractivity contribution in [3.8, 4) is 17.2 Å². The first-order chi connectivity index (χ1) is 14.6.